The number of rotatable bonds is 6. The van der Waals surface area contributed by atoms with Gasteiger partial charge in [-0.25, -0.2) is 4.98 Å². The molecule has 192 valence electrons. The summed E-state index contributed by atoms with van der Waals surface area (Å²) >= 11 is 1.35. The number of nitrogens with zero attached hydrogens (tertiary/aromatic N) is 1. The first-order chi connectivity index (χ1) is 18.5. The number of ether oxygens (including phenoxy) is 1. The first-order valence-electron chi connectivity index (χ1n) is 12.2. The predicted octanol–water partition coefficient (Wildman–Crippen LogP) is 2.59. The number of aromatic nitrogens is 2. The Kier molecular flexibility index (Phi) is 6.12. The monoisotopic (exact) mass is 529 g/mol. The maximum Gasteiger partial charge on any atom is 0.287 e. The number of nitrogens with one attached hydrogen (secondary N) is 4. The summed E-state index contributed by atoms with van der Waals surface area (Å²) in [6, 6.07) is 14.9. The molecule has 2 aromatic carbocycles. The molecule has 10 nitrogen and oxygen atoms in total. The second-order valence-corrected chi connectivity index (χ2v) is 10.3. The number of carbonyl (C=O) groups is 3. The van der Waals surface area contributed by atoms with Gasteiger partial charge in [-0.1, -0.05) is 36.4 Å². The van der Waals surface area contributed by atoms with Gasteiger partial charge in [0.1, 0.15) is 10.6 Å². The highest BCUT2D eigenvalue weighted by molar-refractivity contribution is 7.18. The summed E-state index contributed by atoms with van der Waals surface area (Å²) in [5, 5.41) is 8.84. The van der Waals surface area contributed by atoms with Crippen LogP contribution in [0.25, 0.3) is 10.2 Å². The van der Waals surface area contributed by atoms with Gasteiger partial charge in [0.05, 0.1) is 17.0 Å². The fourth-order valence-corrected chi connectivity index (χ4v) is 6.08. The number of hydrogen-bond donors (Lipinski definition) is 4. The van der Waals surface area contributed by atoms with E-state index in [-0.39, 0.29) is 30.8 Å². The molecule has 3 amide bonds. The molecule has 0 saturated carbocycles. The molecule has 4 aromatic rings. The lowest BCUT2D eigenvalue weighted by Gasteiger charge is -2.18. The highest BCUT2D eigenvalue weighted by Gasteiger charge is 2.34. The first kappa shape index (κ1) is 23.9. The minimum absolute atomic E-state index is 0.0319. The molecule has 2 aromatic heterocycles. The summed E-state index contributed by atoms with van der Waals surface area (Å²) in [6.07, 6.45) is 1.31. The number of anilines is 1. The normalized spacial score (nSPS) is 15.8. The lowest BCUT2D eigenvalue weighted by atomic mass is 10.00. The van der Waals surface area contributed by atoms with Gasteiger partial charge in [-0.05, 0) is 41.7 Å². The van der Waals surface area contributed by atoms with Crippen molar-refractivity contribution in [2.75, 3.05) is 11.9 Å². The van der Waals surface area contributed by atoms with Crippen molar-refractivity contribution < 1.29 is 19.1 Å². The van der Waals surface area contributed by atoms with E-state index < -0.39 is 17.4 Å². The van der Waals surface area contributed by atoms with Gasteiger partial charge in [0.25, 0.3) is 17.4 Å². The standard InChI is InChI=1S/C27H23N5O5S/c33-20-13-37-18-8-6-15(10-17(18)30-20)12-29-26(36)23-31-25(35)22-21-16(7-9-19(21)38-27(22)32-23)24(34)28-11-14-4-2-1-3-5-14/h1-6,8,10,16H,7,9,11-13H2,(H,28,34)(H,29,36)(H,30,33)(H,31,32,35). The van der Waals surface area contributed by atoms with E-state index in [9.17, 15) is 19.2 Å². The van der Waals surface area contributed by atoms with Crippen molar-refractivity contribution in [3.63, 3.8) is 0 Å². The molecule has 0 radical (unpaired) electrons. The molecule has 6 rings (SSSR count). The smallest absolute Gasteiger partial charge is 0.287 e. The Hall–Kier alpha value is -4.51. The van der Waals surface area contributed by atoms with Gasteiger partial charge in [-0.15, -0.1) is 11.3 Å². The highest BCUT2D eigenvalue weighted by Crippen LogP contribution is 2.42. The summed E-state index contributed by atoms with van der Waals surface area (Å²) in [5.74, 6) is -0.866. The van der Waals surface area contributed by atoms with Crippen LogP contribution >= 0.6 is 11.3 Å². The van der Waals surface area contributed by atoms with Crippen LogP contribution in [0.4, 0.5) is 5.69 Å². The summed E-state index contributed by atoms with van der Waals surface area (Å²) < 4.78 is 5.35. The van der Waals surface area contributed by atoms with Crippen molar-refractivity contribution in [1.82, 2.24) is 20.6 Å². The molecule has 1 atom stereocenters. The van der Waals surface area contributed by atoms with E-state index in [1.54, 1.807) is 18.2 Å². The Labute approximate surface area is 220 Å². The topological polar surface area (TPSA) is 142 Å². The minimum atomic E-state index is -0.535. The van der Waals surface area contributed by atoms with E-state index in [1.807, 2.05) is 30.3 Å². The van der Waals surface area contributed by atoms with Crippen LogP contribution in [0, 0.1) is 0 Å². The summed E-state index contributed by atoms with van der Waals surface area (Å²) in [7, 11) is 0. The molecule has 0 spiro atoms. The Balaban J connectivity index is 1.18. The minimum Gasteiger partial charge on any atom is -0.482 e. The number of aryl methyl sites for hydroxylation is 1. The van der Waals surface area contributed by atoms with E-state index >= 15 is 0 Å². The Morgan fingerprint density at radius 3 is 2.71 bits per heavy atom. The SMILES string of the molecule is O=C1COc2ccc(CNC(=O)c3nc4sc5c(c4c(=O)[nH]3)C(C(=O)NCc3ccccc3)CC5)cc2N1. The van der Waals surface area contributed by atoms with Gasteiger partial charge in [0.15, 0.2) is 6.61 Å². The first-order valence-corrected chi connectivity index (χ1v) is 13.0. The highest BCUT2D eigenvalue weighted by atomic mass is 32.1. The molecule has 1 unspecified atom stereocenters. The molecular formula is C27H23N5O5S. The number of fused-ring (bicyclic) bond motifs is 4. The van der Waals surface area contributed by atoms with Crippen LogP contribution in [0.3, 0.4) is 0 Å². The Morgan fingerprint density at radius 1 is 1.05 bits per heavy atom. The fourth-order valence-electron chi connectivity index (χ4n) is 4.83. The van der Waals surface area contributed by atoms with Gasteiger partial charge >= 0.3 is 0 Å². The van der Waals surface area contributed by atoms with Crippen LogP contribution in [0.1, 0.15) is 44.5 Å². The second-order valence-electron chi connectivity index (χ2n) is 9.18. The number of carbonyl (C=O) groups excluding carboxylic acids is 3. The number of aromatic amines is 1. The van der Waals surface area contributed by atoms with Crippen LogP contribution in [0.15, 0.2) is 53.3 Å². The average molecular weight is 530 g/mol. The average Bonchev–Trinajstić information content (AvgIpc) is 3.50. The molecule has 3 heterocycles. The van der Waals surface area contributed by atoms with Gasteiger partial charge < -0.3 is 25.7 Å². The van der Waals surface area contributed by atoms with Gasteiger partial charge in [-0.2, -0.15) is 0 Å². The molecule has 38 heavy (non-hydrogen) atoms. The van der Waals surface area contributed by atoms with Crippen molar-refractivity contribution in [3.8, 4) is 5.75 Å². The number of amides is 3. The second kappa shape index (κ2) is 9.75. The maximum absolute atomic E-state index is 13.1. The quantitative estimate of drug-likeness (QED) is 0.303. The zero-order valence-electron chi connectivity index (χ0n) is 20.1. The molecule has 11 heteroatoms. The molecule has 0 fully saturated rings. The molecule has 0 saturated heterocycles. The van der Waals surface area contributed by atoms with E-state index in [2.05, 4.69) is 25.9 Å². The van der Waals surface area contributed by atoms with E-state index in [1.165, 1.54) is 11.3 Å². The van der Waals surface area contributed by atoms with Crippen molar-refractivity contribution in [3.05, 3.63) is 86.3 Å². The van der Waals surface area contributed by atoms with Crippen LogP contribution in [0.5, 0.6) is 5.75 Å². The summed E-state index contributed by atoms with van der Waals surface area (Å²) in [4.78, 5) is 58.9. The number of thiophene rings is 1. The van der Waals surface area contributed by atoms with Crippen LogP contribution in [0.2, 0.25) is 0 Å². The summed E-state index contributed by atoms with van der Waals surface area (Å²) in [5.41, 5.74) is 2.56. The molecule has 4 N–H and O–H groups in total. The predicted molar refractivity (Wildman–Crippen MR) is 141 cm³/mol. The van der Waals surface area contributed by atoms with Crippen molar-refractivity contribution in [1.29, 1.82) is 0 Å². The van der Waals surface area contributed by atoms with Gasteiger partial charge in [0.2, 0.25) is 11.7 Å². The van der Waals surface area contributed by atoms with Crippen molar-refractivity contribution in [2.24, 2.45) is 0 Å². The number of benzene rings is 2. The molecular weight excluding hydrogens is 506 g/mol. The summed E-state index contributed by atoms with van der Waals surface area (Å²) in [6.45, 7) is 0.542. The van der Waals surface area contributed by atoms with Crippen molar-refractivity contribution in [2.45, 2.75) is 31.8 Å². The van der Waals surface area contributed by atoms with E-state index in [0.717, 1.165) is 21.6 Å². The van der Waals surface area contributed by atoms with Crippen LogP contribution < -0.4 is 26.2 Å². The fraction of sp³-hybridized carbons (Fsp3) is 0.222. The van der Waals surface area contributed by atoms with Crippen LogP contribution in [-0.2, 0) is 29.1 Å². The molecule has 0 bridgehead atoms. The maximum atomic E-state index is 13.1. The lowest BCUT2D eigenvalue weighted by molar-refractivity contribution is -0.122. The molecule has 1 aliphatic carbocycles. The third-order valence-electron chi connectivity index (χ3n) is 6.66. The zero-order valence-corrected chi connectivity index (χ0v) is 20.9. The Bertz CT molecular complexity index is 1650. The van der Waals surface area contributed by atoms with Crippen molar-refractivity contribution >= 4 is 45.0 Å². The number of hydrogen-bond acceptors (Lipinski definition) is 7. The number of H-pyrrole nitrogens is 1. The van der Waals surface area contributed by atoms with E-state index in [0.29, 0.717) is 41.0 Å². The molecule has 1 aliphatic heterocycles. The van der Waals surface area contributed by atoms with Gasteiger partial charge in [0, 0.05) is 18.0 Å². The Morgan fingerprint density at radius 2 is 1.87 bits per heavy atom. The third kappa shape index (κ3) is 4.52. The van der Waals surface area contributed by atoms with Gasteiger partial charge in [-0.3, -0.25) is 19.2 Å². The third-order valence-corrected chi connectivity index (χ3v) is 7.81. The lowest BCUT2D eigenvalue weighted by Crippen LogP contribution is -2.29. The molecule has 2 aliphatic rings. The van der Waals surface area contributed by atoms with E-state index in [4.69, 9.17) is 4.74 Å². The zero-order chi connectivity index (χ0) is 26.2. The largest absolute Gasteiger partial charge is 0.482 e. The van der Waals surface area contributed by atoms with Crippen LogP contribution in [-0.4, -0.2) is 34.3 Å².